The quantitative estimate of drug-likeness (QED) is 0.298. The van der Waals surface area contributed by atoms with Crippen LogP contribution in [0, 0.1) is 10.1 Å². The Morgan fingerprint density at radius 3 is 2.25 bits per heavy atom. The van der Waals surface area contributed by atoms with E-state index in [4.69, 9.17) is 9.88 Å². The summed E-state index contributed by atoms with van der Waals surface area (Å²) in [5.74, 6) is -0.484. The SMILES string of the molecule is COc1ccc(S(=O)(=O)NCCC(=O)NCCc2ccc(S(N)(=O)=O)cc2)cc1[N+](=O)[O-]. The number of hydrogen-bond acceptors (Lipinski definition) is 8. The molecule has 0 bridgehead atoms. The number of nitrogens with two attached hydrogens (primary N) is 1. The van der Waals surface area contributed by atoms with Crippen molar-refractivity contribution < 1.29 is 31.3 Å². The zero-order valence-electron chi connectivity index (χ0n) is 17.0. The monoisotopic (exact) mass is 486 g/mol. The third kappa shape index (κ3) is 6.98. The number of nitrogens with one attached hydrogen (secondary N) is 2. The molecule has 2 aromatic rings. The largest absolute Gasteiger partial charge is 0.490 e. The lowest BCUT2D eigenvalue weighted by molar-refractivity contribution is -0.386. The van der Waals surface area contributed by atoms with E-state index < -0.39 is 36.6 Å². The molecular formula is C18H22N4O8S2. The minimum absolute atomic E-state index is 0.0141. The molecule has 0 fully saturated rings. The topological polar surface area (TPSA) is 188 Å². The summed E-state index contributed by atoms with van der Waals surface area (Å²) in [6, 6.07) is 9.10. The first-order chi connectivity index (χ1) is 14.9. The van der Waals surface area contributed by atoms with Gasteiger partial charge in [0.1, 0.15) is 0 Å². The van der Waals surface area contributed by atoms with Gasteiger partial charge in [0.25, 0.3) is 0 Å². The van der Waals surface area contributed by atoms with E-state index in [1.807, 2.05) is 0 Å². The summed E-state index contributed by atoms with van der Waals surface area (Å²) >= 11 is 0. The van der Waals surface area contributed by atoms with Gasteiger partial charge < -0.3 is 10.1 Å². The van der Waals surface area contributed by atoms with Gasteiger partial charge in [-0.05, 0) is 36.2 Å². The lowest BCUT2D eigenvalue weighted by Crippen LogP contribution is -2.31. The van der Waals surface area contributed by atoms with Crippen LogP contribution < -0.4 is 19.9 Å². The van der Waals surface area contributed by atoms with E-state index in [0.29, 0.717) is 6.42 Å². The Kier molecular flexibility index (Phi) is 8.26. The fourth-order valence-electron chi connectivity index (χ4n) is 2.64. The summed E-state index contributed by atoms with van der Waals surface area (Å²) in [5.41, 5.74) is 0.282. The molecule has 14 heteroatoms. The molecule has 4 N–H and O–H groups in total. The molecule has 0 atom stereocenters. The molecule has 0 spiro atoms. The van der Waals surface area contributed by atoms with Gasteiger partial charge >= 0.3 is 5.69 Å². The Morgan fingerprint density at radius 1 is 1.06 bits per heavy atom. The van der Waals surface area contributed by atoms with Gasteiger partial charge in [0.15, 0.2) is 5.75 Å². The van der Waals surface area contributed by atoms with Crippen molar-refractivity contribution in [1.82, 2.24) is 10.0 Å². The van der Waals surface area contributed by atoms with Crippen molar-refractivity contribution in [3.63, 3.8) is 0 Å². The highest BCUT2D eigenvalue weighted by molar-refractivity contribution is 7.89. The maximum absolute atomic E-state index is 12.3. The molecule has 0 aliphatic rings. The molecule has 0 aliphatic heterocycles. The van der Waals surface area contributed by atoms with Crippen molar-refractivity contribution in [1.29, 1.82) is 0 Å². The lowest BCUT2D eigenvalue weighted by atomic mass is 10.1. The Bertz CT molecular complexity index is 1200. The Hall–Kier alpha value is -3.07. The number of carbonyl (C=O) groups excluding carboxylic acids is 1. The van der Waals surface area contributed by atoms with Crippen LogP contribution in [0.4, 0.5) is 5.69 Å². The summed E-state index contributed by atoms with van der Waals surface area (Å²) < 4.78 is 54.1. The zero-order chi connectivity index (χ0) is 23.9. The van der Waals surface area contributed by atoms with Crippen molar-refractivity contribution in [2.75, 3.05) is 20.2 Å². The van der Waals surface area contributed by atoms with Crippen molar-refractivity contribution in [2.45, 2.75) is 22.6 Å². The Balaban J connectivity index is 1.83. The van der Waals surface area contributed by atoms with Crippen LogP contribution in [0.15, 0.2) is 52.3 Å². The number of ether oxygens (including phenoxy) is 1. The summed E-state index contributed by atoms with van der Waals surface area (Å²) in [4.78, 5) is 21.9. The minimum Gasteiger partial charge on any atom is -0.490 e. The third-order valence-electron chi connectivity index (χ3n) is 4.29. The molecule has 0 aliphatic carbocycles. The van der Waals surface area contributed by atoms with E-state index in [-0.39, 0.29) is 35.1 Å². The van der Waals surface area contributed by atoms with Gasteiger partial charge in [-0.15, -0.1) is 0 Å². The number of nitrogens with zero attached hydrogens (tertiary/aromatic N) is 1. The van der Waals surface area contributed by atoms with Gasteiger partial charge in [-0.25, -0.2) is 26.7 Å². The first-order valence-corrected chi connectivity index (χ1v) is 12.2. The van der Waals surface area contributed by atoms with Crippen LogP contribution in [0.25, 0.3) is 0 Å². The molecule has 2 rings (SSSR count). The summed E-state index contributed by atoms with van der Waals surface area (Å²) in [7, 11) is -6.61. The number of benzene rings is 2. The lowest BCUT2D eigenvalue weighted by Gasteiger charge is -2.09. The minimum atomic E-state index is -4.07. The molecule has 0 heterocycles. The van der Waals surface area contributed by atoms with Gasteiger partial charge in [0.05, 0.1) is 21.8 Å². The molecular weight excluding hydrogens is 464 g/mol. The summed E-state index contributed by atoms with van der Waals surface area (Å²) in [6.45, 7) is 0.0437. The second kappa shape index (κ2) is 10.5. The highest BCUT2D eigenvalue weighted by atomic mass is 32.2. The van der Waals surface area contributed by atoms with E-state index in [2.05, 4.69) is 10.0 Å². The normalized spacial score (nSPS) is 11.7. The zero-order valence-corrected chi connectivity index (χ0v) is 18.6. The number of methoxy groups -OCH3 is 1. The standard InChI is InChI=1S/C18H22N4O8S2/c1-30-17-7-6-15(12-16(17)22(24)25)32(28,29)21-11-9-18(23)20-10-8-13-2-4-14(5-3-13)31(19,26)27/h2-7,12,21H,8-11H2,1H3,(H,20,23)(H2,19,26,27). The van der Waals surface area contributed by atoms with Crippen LogP contribution >= 0.6 is 0 Å². The average molecular weight is 487 g/mol. The van der Waals surface area contributed by atoms with Crippen LogP contribution in [-0.2, 0) is 31.3 Å². The Morgan fingerprint density at radius 2 is 1.69 bits per heavy atom. The smallest absolute Gasteiger partial charge is 0.312 e. The molecule has 0 saturated carbocycles. The molecule has 0 saturated heterocycles. The van der Waals surface area contributed by atoms with E-state index in [9.17, 15) is 31.7 Å². The number of rotatable bonds is 11. The van der Waals surface area contributed by atoms with E-state index in [1.54, 1.807) is 12.1 Å². The van der Waals surface area contributed by atoms with Crippen LogP contribution in [0.5, 0.6) is 5.75 Å². The van der Waals surface area contributed by atoms with Gasteiger partial charge in [0.2, 0.25) is 26.0 Å². The maximum atomic E-state index is 12.3. The molecule has 32 heavy (non-hydrogen) atoms. The van der Waals surface area contributed by atoms with Crippen LogP contribution in [0.1, 0.15) is 12.0 Å². The molecule has 12 nitrogen and oxygen atoms in total. The molecule has 1 amide bonds. The van der Waals surface area contributed by atoms with E-state index in [1.165, 1.54) is 25.3 Å². The van der Waals surface area contributed by atoms with Crippen LogP contribution in [0.2, 0.25) is 0 Å². The second-order valence-corrected chi connectivity index (χ2v) is 9.86. The predicted octanol–water partition coefficient (Wildman–Crippen LogP) is 0.278. The fraction of sp³-hybridized carbons (Fsp3) is 0.278. The van der Waals surface area contributed by atoms with Gasteiger partial charge in [-0.2, -0.15) is 0 Å². The van der Waals surface area contributed by atoms with E-state index in [0.717, 1.165) is 17.7 Å². The van der Waals surface area contributed by atoms with Crippen molar-refractivity contribution in [3.05, 3.63) is 58.1 Å². The Labute approximate surface area is 185 Å². The fourth-order valence-corrected chi connectivity index (χ4v) is 4.21. The van der Waals surface area contributed by atoms with Gasteiger partial charge in [-0.1, -0.05) is 12.1 Å². The molecule has 0 radical (unpaired) electrons. The number of primary sulfonamides is 1. The molecule has 0 unspecified atom stereocenters. The van der Waals surface area contributed by atoms with Crippen LogP contribution in [0.3, 0.4) is 0 Å². The molecule has 0 aromatic heterocycles. The molecule has 174 valence electrons. The number of amides is 1. The number of carbonyl (C=O) groups is 1. The number of hydrogen-bond donors (Lipinski definition) is 3. The second-order valence-electron chi connectivity index (χ2n) is 6.53. The predicted molar refractivity (Wildman–Crippen MR) is 114 cm³/mol. The average Bonchev–Trinajstić information content (AvgIpc) is 2.72. The highest BCUT2D eigenvalue weighted by Gasteiger charge is 2.22. The number of nitro groups is 1. The van der Waals surface area contributed by atoms with Gasteiger partial charge in [0, 0.05) is 25.6 Å². The third-order valence-corrected chi connectivity index (χ3v) is 6.68. The summed E-state index contributed by atoms with van der Waals surface area (Å²) in [5, 5.41) is 18.7. The van der Waals surface area contributed by atoms with Gasteiger partial charge in [-0.3, -0.25) is 14.9 Å². The van der Waals surface area contributed by atoms with Crippen molar-refractivity contribution in [3.8, 4) is 5.75 Å². The summed E-state index contributed by atoms with van der Waals surface area (Å²) in [6.07, 6.45) is 0.277. The van der Waals surface area contributed by atoms with E-state index >= 15 is 0 Å². The van der Waals surface area contributed by atoms with Crippen molar-refractivity contribution in [2.24, 2.45) is 5.14 Å². The maximum Gasteiger partial charge on any atom is 0.312 e. The highest BCUT2D eigenvalue weighted by Crippen LogP contribution is 2.29. The molecule has 2 aromatic carbocycles. The van der Waals surface area contributed by atoms with Crippen LogP contribution in [-0.4, -0.2) is 47.9 Å². The van der Waals surface area contributed by atoms with Crippen molar-refractivity contribution >= 4 is 31.6 Å². The number of nitro benzene ring substituents is 1. The first-order valence-electron chi connectivity index (χ1n) is 9.14. The first kappa shape index (κ1) is 25.2. The number of sulfonamides is 2.